The number of aldehydes is 1. The SMILES string of the molecule is Cc1ccc(C=O)cc1-n1cc(C(N)=O)cn1. The molecule has 0 unspecified atom stereocenters. The number of nitrogens with two attached hydrogens (primary N) is 1. The summed E-state index contributed by atoms with van der Waals surface area (Å²) in [5, 5.41) is 4.04. The molecule has 0 atom stereocenters. The van der Waals surface area contributed by atoms with Crippen LogP contribution in [0.5, 0.6) is 0 Å². The van der Waals surface area contributed by atoms with Crippen LogP contribution in [0.1, 0.15) is 26.3 Å². The van der Waals surface area contributed by atoms with Gasteiger partial charge in [-0.1, -0.05) is 12.1 Å². The van der Waals surface area contributed by atoms with E-state index >= 15 is 0 Å². The monoisotopic (exact) mass is 229 g/mol. The van der Waals surface area contributed by atoms with E-state index in [-0.39, 0.29) is 0 Å². The van der Waals surface area contributed by atoms with Crippen LogP contribution in [0.25, 0.3) is 5.69 Å². The number of aromatic nitrogens is 2. The third-order valence-electron chi connectivity index (χ3n) is 2.48. The molecule has 0 saturated heterocycles. The van der Waals surface area contributed by atoms with Crippen molar-refractivity contribution in [1.82, 2.24) is 9.78 Å². The minimum absolute atomic E-state index is 0.334. The number of carbonyl (C=O) groups excluding carboxylic acids is 2. The van der Waals surface area contributed by atoms with Crippen LogP contribution in [0.3, 0.4) is 0 Å². The first kappa shape index (κ1) is 11.1. The van der Waals surface area contributed by atoms with Crippen molar-refractivity contribution in [1.29, 1.82) is 0 Å². The molecule has 86 valence electrons. The Labute approximate surface area is 97.9 Å². The van der Waals surface area contributed by atoms with Crippen molar-refractivity contribution in [3.63, 3.8) is 0 Å². The predicted molar refractivity (Wildman–Crippen MR) is 62.2 cm³/mol. The molecule has 1 aromatic carbocycles. The molecule has 0 radical (unpaired) electrons. The van der Waals surface area contributed by atoms with Crippen LogP contribution in [-0.2, 0) is 0 Å². The Kier molecular flexibility index (Phi) is 2.74. The molecule has 5 nitrogen and oxygen atoms in total. The normalized spacial score (nSPS) is 10.2. The van der Waals surface area contributed by atoms with Crippen LogP contribution in [0.15, 0.2) is 30.6 Å². The third-order valence-corrected chi connectivity index (χ3v) is 2.48. The highest BCUT2D eigenvalue weighted by Gasteiger charge is 2.07. The van der Waals surface area contributed by atoms with Crippen molar-refractivity contribution in [3.05, 3.63) is 47.3 Å². The van der Waals surface area contributed by atoms with Gasteiger partial charge in [-0.15, -0.1) is 0 Å². The zero-order valence-electron chi connectivity index (χ0n) is 9.25. The second kappa shape index (κ2) is 4.21. The fraction of sp³-hybridized carbons (Fsp3) is 0.0833. The Morgan fingerprint density at radius 2 is 2.24 bits per heavy atom. The lowest BCUT2D eigenvalue weighted by atomic mass is 10.1. The maximum absolute atomic E-state index is 11.0. The molecule has 17 heavy (non-hydrogen) atoms. The molecule has 1 amide bonds. The van der Waals surface area contributed by atoms with E-state index in [1.807, 2.05) is 13.0 Å². The molecule has 2 aromatic rings. The second-order valence-corrected chi connectivity index (χ2v) is 3.70. The van der Waals surface area contributed by atoms with E-state index in [0.29, 0.717) is 11.1 Å². The van der Waals surface area contributed by atoms with Gasteiger partial charge in [0.05, 0.1) is 17.4 Å². The first-order chi connectivity index (χ1) is 8.11. The van der Waals surface area contributed by atoms with Crippen LogP contribution in [0, 0.1) is 6.92 Å². The van der Waals surface area contributed by atoms with Crippen molar-refractivity contribution in [3.8, 4) is 5.69 Å². The Balaban J connectivity index is 2.51. The first-order valence-electron chi connectivity index (χ1n) is 5.02. The van der Waals surface area contributed by atoms with Crippen molar-refractivity contribution < 1.29 is 9.59 Å². The molecule has 0 fully saturated rings. The van der Waals surface area contributed by atoms with Crippen molar-refractivity contribution in [2.45, 2.75) is 6.92 Å². The number of primary amides is 1. The average molecular weight is 229 g/mol. The van der Waals surface area contributed by atoms with Gasteiger partial charge in [0, 0.05) is 11.8 Å². The molecule has 0 bridgehead atoms. The summed E-state index contributed by atoms with van der Waals surface area (Å²) < 4.78 is 1.53. The molecule has 0 aliphatic rings. The number of hydrogen-bond acceptors (Lipinski definition) is 3. The number of carbonyl (C=O) groups is 2. The molecule has 0 aliphatic heterocycles. The number of nitrogens with zero attached hydrogens (tertiary/aromatic N) is 2. The highest BCUT2D eigenvalue weighted by atomic mass is 16.1. The Bertz CT molecular complexity index is 587. The zero-order chi connectivity index (χ0) is 12.4. The van der Waals surface area contributed by atoms with Gasteiger partial charge in [-0.2, -0.15) is 5.10 Å². The van der Waals surface area contributed by atoms with E-state index in [1.165, 1.54) is 10.9 Å². The van der Waals surface area contributed by atoms with Gasteiger partial charge in [0.25, 0.3) is 5.91 Å². The minimum atomic E-state index is -0.527. The van der Waals surface area contributed by atoms with Crippen molar-refractivity contribution in [2.75, 3.05) is 0 Å². The Morgan fingerprint density at radius 3 is 2.82 bits per heavy atom. The van der Waals surface area contributed by atoms with Crippen LogP contribution in [0.2, 0.25) is 0 Å². The summed E-state index contributed by atoms with van der Waals surface area (Å²) >= 11 is 0. The highest BCUT2D eigenvalue weighted by molar-refractivity contribution is 5.92. The Morgan fingerprint density at radius 1 is 1.47 bits per heavy atom. The van der Waals surface area contributed by atoms with Crippen LogP contribution >= 0.6 is 0 Å². The van der Waals surface area contributed by atoms with Gasteiger partial charge in [0.15, 0.2) is 0 Å². The summed E-state index contributed by atoms with van der Waals surface area (Å²) in [4.78, 5) is 21.7. The van der Waals surface area contributed by atoms with E-state index in [0.717, 1.165) is 17.5 Å². The van der Waals surface area contributed by atoms with Gasteiger partial charge in [-0.05, 0) is 18.6 Å². The molecule has 2 N–H and O–H groups in total. The van der Waals surface area contributed by atoms with E-state index in [2.05, 4.69) is 5.10 Å². The number of rotatable bonds is 3. The average Bonchev–Trinajstić information content (AvgIpc) is 2.79. The standard InChI is InChI=1S/C12H11N3O2/c1-8-2-3-9(7-16)4-11(8)15-6-10(5-14-15)12(13)17/h2-7H,1H3,(H2,13,17). The fourth-order valence-corrected chi connectivity index (χ4v) is 1.53. The molecular formula is C12H11N3O2. The largest absolute Gasteiger partial charge is 0.366 e. The van der Waals surface area contributed by atoms with Crippen molar-refractivity contribution >= 4 is 12.2 Å². The number of aryl methyl sites for hydroxylation is 1. The topological polar surface area (TPSA) is 78.0 Å². The van der Waals surface area contributed by atoms with E-state index in [4.69, 9.17) is 5.73 Å². The van der Waals surface area contributed by atoms with Gasteiger partial charge in [0.1, 0.15) is 6.29 Å². The smallest absolute Gasteiger partial charge is 0.251 e. The molecule has 0 spiro atoms. The molecule has 0 aliphatic carbocycles. The Hall–Kier alpha value is -2.43. The minimum Gasteiger partial charge on any atom is -0.366 e. The maximum atomic E-state index is 11.0. The quantitative estimate of drug-likeness (QED) is 0.800. The third kappa shape index (κ3) is 2.08. The van der Waals surface area contributed by atoms with Gasteiger partial charge in [-0.3, -0.25) is 9.59 Å². The summed E-state index contributed by atoms with van der Waals surface area (Å²) in [5.41, 5.74) is 7.75. The fourth-order valence-electron chi connectivity index (χ4n) is 1.53. The van der Waals surface area contributed by atoms with Gasteiger partial charge < -0.3 is 5.73 Å². The van der Waals surface area contributed by atoms with Gasteiger partial charge >= 0.3 is 0 Å². The maximum Gasteiger partial charge on any atom is 0.251 e. The molecule has 0 saturated carbocycles. The first-order valence-corrected chi connectivity index (χ1v) is 5.02. The van der Waals surface area contributed by atoms with Crippen LogP contribution in [0.4, 0.5) is 0 Å². The summed E-state index contributed by atoms with van der Waals surface area (Å²) in [7, 11) is 0. The lowest BCUT2D eigenvalue weighted by Gasteiger charge is -2.05. The summed E-state index contributed by atoms with van der Waals surface area (Å²) in [6.45, 7) is 1.90. The molecule has 2 rings (SSSR count). The molecular weight excluding hydrogens is 218 g/mol. The lowest BCUT2D eigenvalue weighted by Crippen LogP contribution is -2.09. The summed E-state index contributed by atoms with van der Waals surface area (Å²) in [6, 6.07) is 5.26. The second-order valence-electron chi connectivity index (χ2n) is 3.70. The molecule has 1 aromatic heterocycles. The van der Waals surface area contributed by atoms with Gasteiger partial charge in [0.2, 0.25) is 0 Å². The van der Waals surface area contributed by atoms with E-state index in [1.54, 1.807) is 18.3 Å². The number of benzene rings is 1. The highest BCUT2D eigenvalue weighted by Crippen LogP contribution is 2.15. The number of amides is 1. The zero-order valence-corrected chi connectivity index (χ0v) is 9.25. The molecule has 5 heteroatoms. The van der Waals surface area contributed by atoms with Crippen LogP contribution in [-0.4, -0.2) is 22.0 Å². The van der Waals surface area contributed by atoms with E-state index < -0.39 is 5.91 Å². The number of hydrogen-bond donors (Lipinski definition) is 1. The van der Waals surface area contributed by atoms with Gasteiger partial charge in [-0.25, -0.2) is 4.68 Å². The summed E-state index contributed by atoms with van der Waals surface area (Å²) in [5.74, 6) is -0.527. The van der Waals surface area contributed by atoms with Crippen molar-refractivity contribution in [2.24, 2.45) is 5.73 Å². The lowest BCUT2D eigenvalue weighted by molar-refractivity contribution is 0.0999. The van der Waals surface area contributed by atoms with E-state index in [9.17, 15) is 9.59 Å². The van der Waals surface area contributed by atoms with Crippen LogP contribution < -0.4 is 5.73 Å². The summed E-state index contributed by atoms with van der Waals surface area (Å²) in [6.07, 6.45) is 3.70. The molecule has 1 heterocycles. The predicted octanol–water partition coefficient (Wildman–Crippen LogP) is 1.09.